The minimum Gasteiger partial charge on any atom is -0.479 e. The van der Waals surface area contributed by atoms with Crippen LogP contribution in [0.4, 0.5) is 0 Å². The molecule has 1 unspecified atom stereocenters. The van der Waals surface area contributed by atoms with Crippen LogP contribution in [-0.4, -0.2) is 43.3 Å². The molecule has 0 radical (unpaired) electrons. The number of aromatic nitrogens is 2. The van der Waals surface area contributed by atoms with E-state index in [1.165, 1.54) is 63.8 Å². The molecule has 0 spiro atoms. The molecule has 1 aromatic rings. The molecule has 0 saturated heterocycles. The van der Waals surface area contributed by atoms with Gasteiger partial charge in [-0.25, -0.2) is 14.6 Å². The number of carboxylic acid groups (broad SMARTS) is 2. The first-order valence-corrected chi connectivity index (χ1v) is 9.77. The monoisotopic (exact) mass is 480 g/mol. The summed E-state index contributed by atoms with van der Waals surface area (Å²) in [5.74, 6) is -2.06. The Labute approximate surface area is 181 Å². The van der Waals surface area contributed by atoms with Gasteiger partial charge in [0.15, 0.2) is 6.10 Å². The number of unbranched alkanes of at least 4 members (excludes halogenated alkanes) is 9. The van der Waals surface area contributed by atoms with Crippen LogP contribution in [0.25, 0.3) is 6.08 Å². The largest absolute Gasteiger partial charge is 0.479 e. The van der Waals surface area contributed by atoms with E-state index in [4.69, 9.17) is 15.3 Å². The second-order valence-corrected chi connectivity index (χ2v) is 6.50. The van der Waals surface area contributed by atoms with E-state index in [-0.39, 0.29) is 21.1 Å². The SMILES string of the molecule is CCCCCCCCCCCCC(O)C(=O)O.O=C(O)/C=C/c1cnc[nH]1.[Mo]. The summed E-state index contributed by atoms with van der Waals surface area (Å²) in [4.78, 5) is 26.7. The Morgan fingerprint density at radius 1 is 1.04 bits per heavy atom. The number of hydrogen-bond acceptors (Lipinski definition) is 4. The van der Waals surface area contributed by atoms with Crippen LogP contribution in [-0.2, 0) is 30.7 Å². The third kappa shape index (κ3) is 19.3. The van der Waals surface area contributed by atoms with Gasteiger partial charge in [0.1, 0.15) is 0 Å². The van der Waals surface area contributed by atoms with Gasteiger partial charge in [0.05, 0.1) is 18.2 Å². The fraction of sp³-hybridized carbons (Fsp3) is 0.650. The Hall–Kier alpha value is -1.46. The van der Waals surface area contributed by atoms with Crippen LogP contribution >= 0.6 is 0 Å². The zero-order chi connectivity index (χ0) is 20.3. The second kappa shape index (κ2) is 20.3. The van der Waals surface area contributed by atoms with E-state index < -0.39 is 18.0 Å². The van der Waals surface area contributed by atoms with Gasteiger partial charge in [0.2, 0.25) is 0 Å². The number of carboxylic acids is 2. The summed E-state index contributed by atoms with van der Waals surface area (Å²) in [5, 5.41) is 25.7. The van der Waals surface area contributed by atoms with Crippen molar-refractivity contribution in [2.45, 2.75) is 83.7 Å². The van der Waals surface area contributed by atoms with Gasteiger partial charge < -0.3 is 20.3 Å². The van der Waals surface area contributed by atoms with Crippen molar-refractivity contribution in [2.24, 2.45) is 0 Å². The first-order chi connectivity index (χ1) is 13.0. The number of aliphatic hydroxyl groups excluding tert-OH is 1. The first-order valence-electron chi connectivity index (χ1n) is 9.77. The van der Waals surface area contributed by atoms with E-state index in [1.54, 1.807) is 6.20 Å². The van der Waals surface area contributed by atoms with E-state index in [2.05, 4.69) is 16.9 Å². The van der Waals surface area contributed by atoms with Crippen LogP contribution in [0.5, 0.6) is 0 Å². The average Bonchev–Trinajstić information content (AvgIpc) is 3.15. The first kappa shape index (κ1) is 28.7. The maximum absolute atomic E-state index is 10.3. The van der Waals surface area contributed by atoms with Crippen LogP contribution in [0.2, 0.25) is 0 Å². The summed E-state index contributed by atoms with van der Waals surface area (Å²) >= 11 is 0. The molecule has 1 rings (SSSR count). The van der Waals surface area contributed by atoms with Crippen LogP contribution in [0.3, 0.4) is 0 Å². The number of nitrogens with one attached hydrogen (secondary N) is 1. The molecule has 28 heavy (non-hydrogen) atoms. The predicted octanol–water partition coefficient (Wildman–Crippen LogP) is 4.25. The molecular weight excluding hydrogens is 444 g/mol. The molecule has 1 atom stereocenters. The van der Waals surface area contributed by atoms with E-state index >= 15 is 0 Å². The number of H-pyrrole nitrogens is 1. The molecule has 0 saturated carbocycles. The van der Waals surface area contributed by atoms with Crippen molar-refractivity contribution in [1.29, 1.82) is 0 Å². The van der Waals surface area contributed by atoms with E-state index in [1.807, 2.05) is 0 Å². The quantitative estimate of drug-likeness (QED) is 0.180. The maximum Gasteiger partial charge on any atom is 0.332 e. The molecule has 4 N–H and O–H groups in total. The van der Waals surface area contributed by atoms with Gasteiger partial charge in [-0.15, -0.1) is 0 Å². The average molecular weight is 478 g/mol. The van der Waals surface area contributed by atoms with Crippen molar-refractivity contribution in [3.63, 3.8) is 0 Å². The Bertz CT molecular complexity index is 521. The fourth-order valence-electron chi connectivity index (χ4n) is 2.47. The summed E-state index contributed by atoms with van der Waals surface area (Å²) in [6, 6.07) is 0. The van der Waals surface area contributed by atoms with Gasteiger partial charge in [-0.2, -0.15) is 0 Å². The van der Waals surface area contributed by atoms with E-state index in [0.717, 1.165) is 18.9 Å². The number of imidazole rings is 1. The molecule has 1 aromatic heterocycles. The maximum atomic E-state index is 10.3. The summed E-state index contributed by atoms with van der Waals surface area (Å²) in [6.45, 7) is 2.23. The number of rotatable bonds is 14. The van der Waals surface area contributed by atoms with Crippen molar-refractivity contribution in [2.75, 3.05) is 0 Å². The van der Waals surface area contributed by atoms with Crippen molar-refractivity contribution < 1.29 is 46.0 Å². The molecule has 0 aliphatic rings. The molecule has 7 nitrogen and oxygen atoms in total. The molecule has 0 aromatic carbocycles. The summed E-state index contributed by atoms with van der Waals surface area (Å²) in [6.07, 6.45) is 17.0. The Morgan fingerprint density at radius 3 is 2.00 bits per heavy atom. The van der Waals surface area contributed by atoms with Crippen molar-refractivity contribution in [3.05, 3.63) is 24.3 Å². The molecule has 0 amide bonds. The Morgan fingerprint density at radius 2 is 1.57 bits per heavy atom. The van der Waals surface area contributed by atoms with Crippen molar-refractivity contribution in [1.82, 2.24) is 9.97 Å². The molecular formula is C20H34MoN2O5. The molecule has 0 fully saturated rings. The molecule has 1 heterocycles. The number of aliphatic carboxylic acids is 2. The van der Waals surface area contributed by atoms with E-state index in [0.29, 0.717) is 12.1 Å². The van der Waals surface area contributed by atoms with Crippen molar-refractivity contribution in [3.8, 4) is 0 Å². The number of nitrogens with zero attached hydrogens (tertiary/aromatic N) is 1. The zero-order valence-electron chi connectivity index (χ0n) is 16.7. The number of carbonyl (C=O) groups is 2. The third-order valence-corrected chi connectivity index (χ3v) is 4.04. The number of aliphatic hydroxyl groups is 1. The molecule has 8 heteroatoms. The fourth-order valence-corrected chi connectivity index (χ4v) is 2.47. The van der Waals surface area contributed by atoms with Crippen LogP contribution in [0, 0.1) is 0 Å². The van der Waals surface area contributed by atoms with Gasteiger partial charge in [-0.3, -0.25) is 0 Å². The molecule has 160 valence electrons. The van der Waals surface area contributed by atoms with Gasteiger partial charge in [0, 0.05) is 27.1 Å². The van der Waals surface area contributed by atoms with Gasteiger partial charge in [-0.05, 0) is 12.5 Å². The Balaban J connectivity index is 0. The zero-order valence-corrected chi connectivity index (χ0v) is 18.7. The molecule has 0 aliphatic heterocycles. The van der Waals surface area contributed by atoms with Crippen LogP contribution in [0.15, 0.2) is 18.6 Å². The van der Waals surface area contributed by atoms with Gasteiger partial charge in [0.25, 0.3) is 0 Å². The second-order valence-electron chi connectivity index (χ2n) is 6.50. The van der Waals surface area contributed by atoms with Crippen molar-refractivity contribution >= 4 is 18.0 Å². The number of aromatic amines is 1. The standard InChI is InChI=1S/C14H28O3.C6H6N2O2.Mo/c1-2-3-4-5-6-7-8-9-10-11-12-13(15)14(16)17;9-6(10)2-1-5-3-7-4-8-5;/h13,15H,2-12H2,1H3,(H,16,17);1-4H,(H,7,8)(H,9,10);/b;2-1+;. The smallest absolute Gasteiger partial charge is 0.332 e. The molecule has 0 bridgehead atoms. The van der Waals surface area contributed by atoms with Gasteiger partial charge >= 0.3 is 11.9 Å². The van der Waals surface area contributed by atoms with Crippen LogP contribution < -0.4 is 0 Å². The topological polar surface area (TPSA) is 124 Å². The minimum atomic E-state index is -1.16. The normalized spacial score (nSPS) is 11.4. The Kier molecular flexibility index (Phi) is 20.8. The van der Waals surface area contributed by atoms with Crippen LogP contribution in [0.1, 0.15) is 83.2 Å². The summed E-state index contributed by atoms with van der Waals surface area (Å²) in [5.41, 5.74) is 0.683. The molecule has 0 aliphatic carbocycles. The summed E-state index contributed by atoms with van der Waals surface area (Å²) < 4.78 is 0. The van der Waals surface area contributed by atoms with Gasteiger partial charge in [-0.1, -0.05) is 71.1 Å². The van der Waals surface area contributed by atoms with E-state index in [9.17, 15) is 9.59 Å². The minimum absolute atomic E-state index is 0. The third-order valence-electron chi connectivity index (χ3n) is 4.04. The predicted molar refractivity (Wildman–Crippen MR) is 105 cm³/mol. The summed E-state index contributed by atoms with van der Waals surface area (Å²) in [7, 11) is 0. The number of hydrogen-bond donors (Lipinski definition) is 4.